The third-order valence-electron chi connectivity index (χ3n) is 7.11. The summed E-state index contributed by atoms with van der Waals surface area (Å²) >= 11 is 0. The Morgan fingerprint density at radius 2 is 1.44 bits per heavy atom. The molecule has 0 aromatic carbocycles. The maximum atomic E-state index is 12.4. The largest absolute Gasteiger partial charge is 0.458 e. The molecule has 0 aromatic rings. The third-order valence-corrected chi connectivity index (χ3v) is 8.45. The van der Waals surface area contributed by atoms with E-state index in [2.05, 4.69) is 13.8 Å². The lowest BCUT2D eigenvalue weighted by Crippen LogP contribution is -3.10. The van der Waals surface area contributed by atoms with Crippen LogP contribution in [0, 0.1) is 5.92 Å². The molecule has 1 aliphatic rings. The molecule has 0 saturated carbocycles. The molecule has 0 bridgehead atoms. The zero-order chi connectivity index (χ0) is 26.5. The van der Waals surface area contributed by atoms with E-state index in [9.17, 15) is 14.3 Å². The molecule has 7 nitrogen and oxygen atoms in total. The van der Waals surface area contributed by atoms with Crippen molar-refractivity contribution in [3.05, 3.63) is 0 Å². The summed E-state index contributed by atoms with van der Waals surface area (Å²) in [5, 5.41) is 0. The molecule has 0 aromatic heterocycles. The number of quaternary nitrogens is 1. The van der Waals surface area contributed by atoms with Crippen LogP contribution in [0.3, 0.4) is 0 Å². The molecule has 36 heavy (non-hydrogen) atoms. The van der Waals surface area contributed by atoms with Gasteiger partial charge in [-0.1, -0.05) is 90.9 Å². The number of ether oxygens (including phenoxy) is 2. The summed E-state index contributed by atoms with van der Waals surface area (Å²) in [6, 6.07) is 0. The average molecular weight is 535 g/mol. The maximum absolute atomic E-state index is 12.4. The van der Waals surface area contributed by atoms with Gasteiger partial charge < -0.3 is 23.8 Å². The van der Waals surface area contributed by atoms with Crippen LogP contribution >= 0.6 is 7.60 Å². The van der Waals surface area contributed by atoms with E-state index in [0.29, 0.717) is 19.1 Å². The van der Waals surface area contributed by atoms with Gasteiger partial charge in [-0.15, -0.1) is 0 Å². The molecule has 2 N–H and O–H groups in total. The summed E-state index contributed by atoms with van der Waals surface area (Å²) in [7, 11) is -3.70. The van der Waals surface area contributed by atoms with Gasteiger partial charge >= 0.3 is 13.6 Å². The first kappa shape index (κ1) is 33.6. The van der Waals surface area contributed by atoms with Gasteiger partial charge in [0.05, 0.1) is 39.0 Å². The monoisotopic (exact) mass is 534 g/mol. The smallest absolute Gasteiger partial charge is 0.333 e. The van der Waals surface area contributed by atoms with E-state index in [1.54, 1.807) is 0 Å². The summed E-state index contributed by atoms with van der Waals surface area (Å²) < 4.78 is 28.7. The van der Waals surface area contributed by atoms with E-state index in [0.717, 1.165) is 19.5 Å². The second-order valence-corrected chi connectivity index (χ2v) is 12.9. The zero-order valence-corrected chi connectivity index (χ0v) is 24.5. The van der Waals surface area contributed by atoms with E-state index in [1.807, 2.05) is 0 Å². The quantitative estimate of drug-likeness (QED) is 0.0960. The molecule has 0 aliphatic carbocycles. The zero-order valence-electron chi connectivity index (χ0n) is 23.6. The Hall–Kier alpha value is -0.460. The van der Waals surface area contributed by atoms with Gasteiger partial charge in [0.25, 0.3) is 0 Å². The number of nitrogens with one attached hydrogen (secondary N) is 1. The first-order valence-corrected chi connectivity index (χ1v) is 16.6. The molecule has 3 unspecified atom stereocenters. The number of likely N-dealkylation sites (tertiary alicyclic amines) is 1. The molecule has 3 atom stereocenters. The van der Waals surface area contributed by atoms with Crippen LogP contribution in [0.1, 0.15) is 117 Å². The highest BCUT2D eigenvalue weighted by Gasteiger charge is 2.26. The fourth-order valence-electron chi connectivity index (χ4n) is 4.86. The fraction of sp³-hybridized carbons (Fsp3) is 0.964. The van der Waals surface area contributed by atoms with Crippen molar-refractivity contribution in [1.82, 2.24) is 0 Å². The Kier molecular flexibility index (Phi) is 20.0. The third kappa shape index (κ3) is 19.6. The van der Waals surface area contributed by atoms with Gasteiger partial charge in [-0.25, -0.2) is 0 Å². The normalized spacial score (nSPS) is 17.7. The highest BCUT2D eigenvalue weighted by Crippen LogP contribution is 2.41. The van der Waals surface area contributed by atoms with Crippen molar-refractivity contribution in [3.63, 3.8) is 0 Å². The van der Waals surface area contributed by atoms with Crippen LogP contribution in [0.2, 0.25) is 0 Å². The van der Waals surface area contributed by atoms with Crippen molar-refractivity contribution in [2.45, 2.75) is 123 Å². The van der Waals surface area contributed by atoms with E-state index in [1.165, 1.54) is 102 Å². The SMILES string of the molecule is CCCCCCCCCCCCCCC(C)COCC(COP(=O)(O)CC[NH+]1CCCC1)OC(C)=O. The van der Waals surface area contributed by atoms with E-state index < -0.39 is 19.7 Å². The van der Waals surface area contributed by atoms with Crippen LogP contribution in [0.15, 0.2) is 0 Å². The maximum Gasteiger partial charge on any atom is 0.333 e. The summed E-state index contributed by atoms with van der Waals surface area (Å²) in [5.74, 6) is -0.00887. The molecule has 0 spiro atoms. The second kappa shape index (κ2) is 21.5. The molecule has 0 amide bonds. The summed E-state index contributed by atoms with van der Waals surface area (Å²) in [4.78, 5) is 23.0. The number of esters is 1. The minimum absolute atomic E-state index is 0.115. The summed E-state index contributed by atoms with van der Waals surface area (Å²) in [5.41, 5.74) is 0. The molecule has 1 saturated heterocycles. The average Bonchev–Trinajstić information content (AvgIpc) is 3.35. The molecule has 214 valence electrons. The van der Waals surface area contributed by atoms with E-state index in [4.69, 9.17) is 14.0 Å². The van der Waals surface area contributed by atoms with Crippen molar-refractivity contribution in [1.29, 1.82) is 0 Å². The Morgan fingerprint density at radius 3 is 2.00 bits per heavy atom. The summed E-state index contributed by atoms with van der Waals surface area (Å²) in [6.45, 7) is 9.18. The van der Waals surface area contributed by atoms with E-state index >= 15 is 0 Å². The minimum Gasteiger partial charge on any atom is -0.458 e. The predicted octanol–water partition coefficient (Wildman–Crippen LogP) is 5.54. The molecule has 1 heterocycles. The van der Waals surface area contributed by atoms with Gasteiger partial charge in [-0.2, -0.15) is 0 Å². The molecular formula is C28H57NO6P+. The standard InChI is InChI=1S/C28H56NO6P/c1-4-5-6-7-8-9-10-11-12-13-14-15-18-26(2)23-33-24-28(35-27(3)30)25-34-36(31,32)22-21-29-19-16-17-20-29/h26,28H,4-25H2,1-3H3,(H,31,32)/p+1. The van der Waals surface area contributed by atoms with Crippen LogP contribution < -0.4 is 4.90 Å². The Morgan fingerprint density at radius 1 is 0.889 bits per heavy atom. The number of hydrogen-bond acceptors (Lipinski definition) is 5. The number of hydrogen-bond donors (Lipinski definition) is 2. The highest BCUT2D eigenvalue weighted by molar-refractivity contribution is 7.52. The molecule has 1 fully saturated rings. The van der Waals surface area contributed by atoms with Gasteiger partial charge in [0, 0.05) is 26.4 Å². The van der Waals surface area contributed by atoms with Gasteiger partial charge in [-0.05, 0) is 12.3 Å². The number of unbranched alkanes of at least 4 members (excludes halogenated alkanes) is 11. The van der Waals surface area contributed by atoms with Crippen molar-refractivity contribution in [2.24, 2.45) is 5.92 Å². The summed E-state index contributed by atoms with van der Waals surface area (Å²) in [6.07, 6.45) is 19.2. The van der Waals surface area contributed by atoms with Gasteiger partial charge in [-0.3, -0.25) is 9.36 Å². The van der Waals surface area contributed by atoms with Crippen molar-refractivity contribution in [3.8, 4) is 0 Å². The van der Waals surface area contributed by atoms with E-state index in [-0.39, 0.29) is 19.4 Å². The van der Waals surface area contributed by atoms with Crippen molar-refractivity contribution in [2.75, 3.05) is 45.6 Å². The molecule has 0 radical (unpaired) electrons. The van der Waals surface area contributed by atoms with Gasteiger partial charge in [0.15, 0.2) is 0 Å². The molecule has 1 rings (SSSR count). The minimum atomic E-state index is -3.70. The number of rotatable bonds is 24. The first-order valence-electron chi connectivity index (χ1n) is 14.9. The Balaban J connectivity index is 2.08. The highest BCUT2D eigenvalue weighted by atomic mass is 31.2. The lowest BCUT2D eigenvalue weighted by atomic mass is 10.0. The van der Waals surface area contributed by atoms with Crippen LogP contribution in [-0.4, -0.2) is 62.6 Å². The molecule has 1 aliphatic heterocycles. The first-order chi connectivity index (χ1) is 17.3. The van der Waals surface area contributed by atoms with Crippen molar-refractivity contribution < 1.29 is 33.2 Å². The Bertz CT molecular complexity index is 584. The lowest BCUT2D eigenvalue weighted by Gasteiger charge is -2.21. The fourth-order valence-corrected chi connectivity index (χ4v) is 5.98. The lowest BCUT2D eigenvalue weighted by molar-refractivity contribution is -0.884. The Labute approximate surface area is 221 Å². The van der Waals surface area contributed by atoms with Crippen LogP contribution in [0.5, 0.6) is 0 Å². The number of carbonyl (C=O) groups excluding carboxylic acids is 1. The molecule has 8 heteroatoms. The molecular weight excluding hydrogens is 477 g/mol. The van der Waals surface area contributed by atoms with Crippen molar-refractivity contribution >= 4 is 13.6 Å². The van der Waals surface area contributed by atoms with Gasteiger partial charge in [0.2, 0.25) is 0 Å². The van der Waals surface area contributed by atoms with Crippen LogP contribution in [0.4, 0.5) is 0 Å². The van der Waals surface area contributed by atoms with Crippen LogP contribution in [-0.2, 0) is 23.4 Å². The topological polar surface area (TPSA) is 86.5 Å². The van der Waals surface area contributed by atoms with Crippen LogP contribution in [0.25, 0.3) is 0 Å². The second-order valence-electron chi connectivity index (χ2n) is 10.9. The predicted molar refractivity (Wildman–Crippen MR) is 147 cm³/mol. The van der Waals surface area contributed by atoms with Gasteiger partial charge in [0.1, 0.15) is 6.10 Å². The number of carbonyl (C=O) groups is 1.